The Kier molecular flexibility index (Phi) is 5.15. The largest absolute Gasteiger partial charge is 0.417 e. The Balaban J connectivity index is 1.86. The first kappa shape index (κ1) is 19.6. The molecule has 1 aromatic carbocycles. The molecule has 0 aliphatic rings. The number of aromatic nitrogens is 3. The summed E-state index contributed by atoms with van der Waals surface area (Å²) in [5, 5.41) is 3.55. The van der Waals surface area contributed by atoms with Crippen molar-refractivity contribution in [2.24, 2.45) is 0 Å². The summed E-state index contributed by atoms with van der Waals surface area (Å²) >= 11 is 11.5. The van der Waals surface area contributed by atoms with Gasteiger partial charge >= 0.3 is 6.18 Å². The summed E-state index contributed by atoms with van der Waals surface area (Å²) < 4.78 is 67.5. The molecule has 0 bridgehead atoms. The number of alkyl halides is 3. The minimum atomic E-state index is -4.61. The van der Waals surface area contributed by atoms with Crippen LogP contribution in [0.4, 0.5) is 13.2 Å². The minimum absolute atomic E-state index is 0.00247. The maximum atomic E-state index is 12.7. The fourth-order valence-corrected chi connectivity index (χ4v) is 3.59. The number of sulfone groups is 1. The van der Waals surface area contributed by atoms with E-state index in [0.29, 0.717) is 17.3 Å². The van der Waals surface area contributed by atoms with Crippen LogP contribution in [0, 0.1) is 0 Å². The molecule has 6 nitrogen and oxygen atoms in total. The lowest BCUT2D eigenvalue weighted by Gasteiger charge is -2.07. The highest BCUT2D eigenvalue weighted by Gasteiger charge is 2.32. The van der Waals surface area contributed by atoms with Crippen LogP contribution in [0.15, 0.2) is 45.9 Å². The molecule has 0 spiro atoms. The van der Waals surface area contributed by atoms with Crippen molar-refractivity contribution in [2.75, 3.05) is 0 Å². The van der Waals surface area contributed by atoms with Crippen LogP contribution in [0.25, 0.3) is 11.5 Å². The number of hydrogen-bond acceptors (Lipinski definition) is 6. The van der Waals surface area contributed by atoms with E-state index in [-0.39, 0.29) is 27.3 Å². The highest BCUT2D eigenvalue weighted by molar-refractivity contribution is 7.90. The molecule has 0 fully saturated rings. The topological polar surface area (TPSA) is 86.0 Å². The molecule has 142 valence electrons. The summed E-state index contributed by atoms with van der Waals surface area (Å²) in [6.45, 7) is 0. The van der Waals surface area contributed by atoms with E-state index in [4.69, 9.17) is 27.7 Å². The Morgan fingerprint density at radius 2 is 1.78 bits per heavy atom. The van der Waals surface area contributed by atoms with Crippen LogP contribution in [0.1, 0.15) is 11.5 Å². The van der Waals surface area contributed by atoms with Crippen LogP contribution in [0.2, 0.25) is 10.0 Å². The van der Waals surface area contributed by atoms with Gasteiger partial charge in [0.2, 0.25) is 11.7 Å². The molecule has 0 aliphatic carbocycles. The van der Waals surface area contributed by atoms with Crippen molar-refractivity contribution in [1.29, 1.82) is 0 Å². The average Bonchev–Trinajstić information content (AvgIpc) is 3.01. The van der Waals surface area contributed by atoms with Gasteiger partial charge in [-0.15, -0.1) is 0 Å². The summed E-state index contributed by atoms with van der Waals surface area (Å²) in [5.41, 5.74) is -1.20. The number of pyridine rings is 1. The summed E-state index contributed by atoms with van der Waals surface area (Å²) in [7, 11) is -3.79. The van der Waals surface area contributed by atoms with Crippen LogP contribution < -0.4 is 0 Å². The monoisotopic (exact) mass is 437 g/mol. The molecule has 3 rings (SSSR count). The molecule has 0 saturated heterocycles. The Labute approximate surface area is 160 Å². The first-order valence-electron chi connectivity index (χ1n) is 7.10. The van der Waals surface area contributed by atoms with Gasteiger partial charge in [-0.1, -0.05) is 28.4 Å². The summed E-state index contributed by atoms with van der Waals surface area (Å²) in [4.78, 5) is 7.44. The van der Waals surface area contributed by atoms with Gasteiger partial charge in [-0.3, -0.25) is 4.98 Å². The van der Waals surface area contributed by atoms with Gasteiger partial charge in [-0.05, 0) is 30.3 Å². The van der Waals surface area contributed by atoms with E-state index in [2.05, 4.69) is 15.1 Å². The first-order chi connectivity index (χ1) is 12.6. The van der Waals surface area contributed by atoms with Crippen LogP contribution >= 0.6 is 23.2 Å². The summed E-state index contributed by atoms with van der Waals surface area (Å²) in [5.74, 6) is -1.10. The Morgan fingerprint density at radius 1 is 1.11 bits per heavy atom. The fourth-order valence-electron chi connectivity index (χ4n) is 2.05. The number of hydrogen-bond donors (Lipinski definition) is 0. The molecule has 12 heteroatoms. The molecule has 27 heavy (non-hydrogen) atoms. The van der Waals surface area contributed by atoms with Crippen LogP contribution in [-0.2, 0) is 21.8 Å². The molecule has 0 aliphatic heterocycles. The van der Waals surface area contributed by atoms with E-state index >= 15 is 0 Å². The maximum Gasteiger partial charge on any atom is 0.417 e. The maximum absolute atomic E-state index is 12.7. The van der Waals surface area contributed by atoms with Gasteiger partial charge in [0.05, 0.1) is 15.5 Å². The van der Waals surface area contributed by atoms with Crippen molar-refractivity contribution in [1.82, 2.24) is 15.1 Å². The Bertz CT molecular complexity index is 1080. The van der Waals surface area contributed by atoms with Crippen molar-refractivity contribution in [3.8, 4) is 11.5 Å². The normalized spacial score (nSPS) is 12.3. The third-order valence-corrected chi connectivity index (χ3v) is 5.49. The van der Waals surface area contributed by atoms with E-state index in [1.165, 1.54) is 24.3 Å². The molecular weight excluding hydrogens is 430 g/mol. The minimum Gasteiger partial charge on any atom is -0.338 e. The molecule has 3 aromatic rings. The number of benzene rings is 1. The predicted molar refractivity (Wildman–Crippen MR) is 89.9 cm³/mol. The Morgan fingerprint density at radius 3 is 2.37 bits per heavy atom. The predicted octanol–water partition coefficient (Wildman–Crippen LogP) is 4.43. The lowest BCUT2D eigenvalue weighted by Crippen LogP contribution is -2.06. The van der Waals surface area contributed by atoms with Crippen LogP contribution in [0.3, 0.4) is 0 Å². The molecule has 0 radical (unpaired) electrons. The van der Waals surface area contributed by atoms with Gasteiger partial charge < -0.3 is 4.52 Å². The highest BCUT2D eigenvalue weighted by atomic mass is 35.5. The van der Waals surface area contributed by atoms with E-state index in [1.54, 1.807) is 0 Å². The lowest BCUT2D eigenvalue weighted by atomic mass is 10.2. The average molecular weight is 438 g/mol. The molecule has 0 saturated carbocycles. The first-order valence-corrected chi connectivity index (χ1v) is 9.51. The third kappa shape index (κ3) is 4.40. The van der Waals surface area contributed by atoms with Crippen molar-refractivity contribution in [3.05, 3.63) is 58.0 Å². The number of halogens is 5. The van der Waals surface area contributed by atoms with Gasteiger partial charge in [0.15, 0.2) is 9.84 Å². The highest BCUT2D eigenvalue weighted by Crippen LogP contribution is 2.33. The van der Waals surface area contributed by atoms with E-state index < -0.39 is 27.3 Å². The second-order valence-electron chi connectivity index (χ2n) is 5.28. The van der Waals surface area contributed by atoms with E-state index in [9.17, 15) is 21.6 Å². The third-order valence-electron chi connectivity index (χ3n) is 3.33. The number of nitrogens with zero attached hydrogens (tertiary/aromatic N) is 3. The van der Waals surface area contributed by atoms with Gasteiger partial charge in [0, 0.05) is 11.2 Å². The molecule has 0 amide bonds. The van der Waals surface area contributed by atoms with Crippen molar-refractivity contribution < 1.29 is 26.1 Å². The zero-order valence-corrected chi connectivity index (χ0v) is 15.4. The van der Waals surface area contributed by atoms with Crippen LogP contribution in [0.5, 0.6) is 0 Å². The summed E-state index contributed by atoms with van der Waals surface area (Å²) in [6, 6.07) is 6.15. The van der Waals surface area contributed by atoms with Crippen molar-refractivity contribution in [2.45, 2.75) is 16.8 Å². The van der Waals surface area contributed by atoms with Gasteiger partial charge in [-0.2, -0.15) is 18.2 Å². The van der Waals surface area contributed by atoms with Crippen LogP contribution in [-0.4, -0.2) is 23.5 Å². The van der Waals surface area contributed by atoms with Gasteiger partial charge in [0.1, 0.15) is 11.4 Å². The molecule has 0 N–H and O–H groups in total. The molecular formula is C15H8Cl2F3N3O3S. The molecule has 0 atom stereocenters. The second-order valence-corrected chi connectivity index (χ2v) is 8.11. The standard InChI is InChI=1S/C15H8Cl2F3N3O3S/c16-9-1-3-10(4-2-9)27(24,25)7-12-22-14(23-26-12)13-11(17)5-8(6-21-13)15(18,19)20/h1-6H,7H2. The quantitative estimate of drug-likeness (QED) is 0.599. The number of rotatable bonds is 4. The van der Waals surface area contributed by atoms with Crippen molar-refractivity contribution >= 4 is 33.0 Å². The zero-order valence-electron chi connectivity index (χ0n) is 13.0. The lowest BCUT2D eigenvalue weighted by molar-refractivity contribution is -0.137. The van der Waals surface area contributed by atoms with Gasteiger partial charge in [0.25, 0.3) is 0 Å². The molecule has 2 aromatic heterocycles. The van der Waals surface area contributed by atoms with Crippen molar-refractivity contribution in [3.63, 3.8) is 0 Å². The second kappa shape index (κ2) is 7.10. The van der Waals surface area contributed by atoms with E-state index in [1.807, 2.05) is 0 Å². The Hall–Kier alpha value is -2.17. The summed E-state index contributed by atoms with van der Waals surface area (Å²) in [6.07, 6.45) is -4.04. The smallest absolute Gasteiger partial charge is 0.338 e. The fraction of sp³-hybridized carbons (Fsp3) is 0.133. The van der Waals surface area contributed by atoms with Gasteiger partial charge in [-0.25, -0.2) is 8.42 Å². The molecule has 2 heterocycles. The zero-order chi connectivity index (χ0) is 19.8. The van der Waals surface area contributed by atoms with E-state index in [0.717, 1.165) is 0 Å². The molecule has 0 unspecified atom stereocenters. The SMILES string of the molecule is O=S(=O)(Cc1nc(-c2ncc(C(F)(F)F)cc2Cl)no1)c1ccc(Cl)cc1.